The molecule has 0 unspecified atom stereocenters. The zero-order chi connectivity index (χ0) is 31.9. The molecule has 4 aromatic carbocycles. The smallest absolute Gasteiger partial charge is 0.323 e. The number of benzene rings is 4. The molecule has 1 aliphatic rings. The molecule has 0 radical (unpaired) electrons. The first kappa shape index (κ1) is 31.3. The van der Waals surface area contributed by atoms with E-state index in [1.807, 2.05) is 62.4 Å². The maximum absolute atomic E-state index is 13.8. The predicted molar refractivity (Wildman–Crippen MR) is 164 cm³/mol. The number of fused-ring (bicyclic) bond motifs is 1. The predicted octanol–water partition coefficient (Wildman–Crippen LogP) is 5.45. The molecule has 232 valence electrons. The van der Waals surface area contributed by atoms with Gasteiger partial charge in [0, 0.05) is 18.2 Å². The van der Waals surface area contributed by atoms with Crippen molar-refractivity contribution in [2.75, 3.05) is 19.8 Å². The van der Waals surface area contributed by atoms with Crippen molar-refractivity contribution in [1.82, 2.24) is 5.32 Å². The van der Waals surface area contributed by atoms with E-state index in [1.165, 1.54) is 18.2 Å². The molecule has 0 aromatic heterocycles. The number of rotatable bonds is 12. The fraction of sp³-hybridized carbons (Fsp3) is 0.257. The van der Waals surface area contributed by atoms with Crippen molar-refractivity contribution in [3.63, 3.8) is 0 Å². The van der Waals surface area contributed by atoms with Crippen LogP contribution in [0.4, 0.5) is 4.39 Å². The largest absolute Gasteiger partial charge is 0.488 e. The average Bonchev–Trinajstić information content (AvgIpc) is 3.04. The number of aryl methyl sites for hydroxylation is 1. The van der Waals surface area contributed by atoms with Gasteiger partial charge in [0.2, 0.25) is 0 Å². The Bertz CT molecular complexity index is 1750. The summed E-state index contributed by atoms with van der Waals surface area (Å²) >= 11 is 0. The van der Waals surface area contributed by atoms with Gasteiger partial charge in [0.1, 0.15) is 55.9 Å². The molecular weight excluding hydrogens is 579 g/mol. The first-order chi connectivity index (χ1) is 21.8. The number of halogens is 1. The molecule has 9 nitrogen and oxygen atoms in total. The van der Waals surface area contributed by atoms with Gasteiger partial charge in [0.05, 0.1) is 12.2 Å². The number of aliphatic hydroxyl groups excluding tert-OH is 1. The van der Waals surface area contributed by atoms with Gasteiger partial charge < -0.3 is 29.2 Å². The van der Waals surface area contributed by atoms with E-state index < -0.39 is 24.4 Å². The minimum atomic E-state index is -1.18. The minimum Gasteiger partial charge on any atom is -0.488 e. The number of aliphatic carboxylic acids is 1. The van der Waals surface area contributed by atoms with Crippen LogP contribution in [0.5, 0.6) is 23.0 Å². The fourth-order valence-electron chi connectivity index (χ4n) is 5.05. The van der Waals surface area contributed by atoms with Crippen molar-refractivity contribution in [2.24, 2.45) is 0 Å². The number of aliphatic hydroxyl groups is 1. The van der Waals surface area contributed by atoms with Crippen LogP contribution >= 0.6 is 0 Å². The topological polar surface area (TPSA) is 130 Å². The number of nitrogens with zero attached hydrogens (tertiary/aromatic N) is 1. The van der Waals surface area contributed by atoms with E-state index in [9.17, 15) is 24.7 Å². The van der Waals surface area contributed by atoms with Crippen molar-refractivity contribution in [3.8, 4) is 40.2 Å². The summed E-state index contributed by atoms with van der Waals surface area (Å²) in [5.41, 5.74) is 6.01. The van der Waals surface area contributed by atoms with Gasteiger partial charge in [0.25, 0.3) is 0 Å². The average molecular weight is 613 g/mol. The van der Waals surface area contributed by atoms with Crippen LogP contribution in [-0.4, -0.2) is 42.0 Å². The number of carbonyl (C=O) groups is 1. The van der Waals surface area contributed by atoms with Gasteiger partial charge in [-0.05, 0) is 77.6 Å². The number of hydrogen-bond donors (Lipinski definition) is 3. The molecule has 1 atom stereocenters. The molecule has 1 heterocycles. The highest BCUT2D eigenvalue weighted by atomic mass is 19.1. The van der Waals surface area contributed by atoms with Gasteiger partial charge in [0.15, 0.2) is 11.5 Å². The summed E-state index contributed by atoms with van der Waals surface area (Å²) in [5.74, 6) is 0.626. The summed E-state index contributed by atoms with van der Waals surface area (Å²) in [4.78, 5) is 11.4. The molecule has 3 N–H and O–H groups in total. The summed E-state index contributed by atoms with van der Waals surface area (Å²) in [6.45, 7) is 4.78. The maximum atomic E-state index is 13.8. The second-order valence-corrected chi connectivity index (χ2v) is 10.6. The van der Waals surface area contributed by atoms with Crippen molar-refractivity contribution < 1.29 is 38.3 Å². The fourth-order valence-corrected chi connectivity index (χ4v) is 5.05. The molecule has 4 aromatic rings. The molecule has 5 rings (SSSR count). The van der Waals surface area contributed by atoms with Crippen LogP contribution in [0.1, 0.15) is 33.4 Å². The van der Waals surface area contributed by atoms with Gasteiger partial charge in [-0.1, -0.05) is 30.3 Å². The summed E-state index contributed by atoms with van der Waals surface area (Å²) in [7, 11) is 0. The summed E-state index contributed by atoms with van der Waals surface area (Å²) in [6, 6.07) is 20.3. The molecule has 0 bridgehead atoms. The van der Waals surface area contributed by atoms with E-state index in [0.717, 1.165) is 39.3 Å². The van der Waals surface area contributed by atoms with Crippen LogP contribution in [-0.2, 0) is 24.6 Å². The van der Waals surface area contributed by atoms with Crippen LogP contribution in [0.3, 0.4) is 0 Å². The Labute approximate surface area is 260 Å². The Morgan fingerprint density at radius 3 is 2.51 bits per heavy atom. The number of nitrogens with one attached hydrogen (secondary N) is 1. The SMILES string of the molecule is Cc1cc(CN[C@@H](CO)C(=O)O)c(OCc2ccc(F)c(C#N)c2)cc1OCc1cccc(-c2ccc3c(c2)OCCO3)c1C. The Morgan fingerprint density at radius 1 is 0.978 bits per heavy atom. The third-order valence-electron chi connectivity index (χ3n) is 7.61. The summed E-state index contributed by atoms with van der Waals surface area (Å²) in [5, 5.41) is 30.8. The Kier molecular flexibility index (Phi) is 9.82. The van der Waals surface area contributed by atoms with Crippen LogP contribution < -0.4 is 24.3 Å². The minimum absolute atomic E-state index is 0.0313. The van der Waals surface area contributed by atoms with Crippen LogP contribution in [0.15, 0.2) is 66.7 Å². The van der Waals surface area contributed by atoms with Crippen molar-refractivity contribution in [2.45, 2.75) is 39.6 Å². The third-order valence-corrected chi connectivity index (χ3v) is 7.61. The van der Waals surface area contributed by atoms with Crippen LogP contribution in [0.25, 0.3) is 11.1 Å². The van der Waals surface area contributed by atoms with Gasteiger partial charge in [-0.2, -0.15) is 5.26 Å². The number of ether oxygens (including phenoxy) is 4. The molecule has 0 amide bonds. The zero-order valence-electron chi connectivity index (χ0n) is 24.9. The monoisotopic (exact) mass is 612 g/mol. The molecule has 0 spiro atoms. The molecule has 0 aliphatic carbocycles. The lowest BCUT2D eigenvalue weighted by atomic mass is 9.96. The van der Waals surface area contributed by atoms with E-state index in [2.05, 4.69) is 5.32 Å². The third kappa shape index (κ3) is 7.34. The molecule has 0 saturated heterocycles. The lowest BCUT2D eigenvalue weighted by Crippen LogP contribution is -2.39. The lowest BCUT2D eigenvalue weighted by Gasteiger charge is -2.20. The van der Waals surface area contributed by atoms with Gasteiger partial charge in [-0.3, -0.25) is 10.1 Å². The molecule has 1 aliphatic heterocycles. The number of carboxylic acid groups (broad SMARTS) is 1. The van der Waals surface area contributed by atoms with E-state index in [0.29, 0.717) is 35.8 Å². The molecule has 10 heteroatoms. The Balaban J connectivity index is 1.38. The molecular formula is C35H33FN2O7. The lowest BCUT2D eigenvalue weighted by molar-refractivity contribution is -0.140. The van der Waals surface area contributed by atoms with E-state index in [1.54, 1.807) is 6.07 Å². The first-order valence-electron chi connectivity index (χ1n) is 14.4. The second kappa shape index (κ2) is 14.1. The number of carboxylic acids is 1. The van der Waals surface area contributed by atoms with Crippen molar-refractivity contribution in [3.05, 3.63) is 106 Å². The van der Waals surface area contributed by atoms with Crippen molar-refractivity contribution >= 4 is 5.97 Å². The highest BCUT2D eigenvalue weighted by molar-refractivity contribution is 5.73. The quantitative estimate of drug-likeness (QED) is 0.191. The first-order valence-corrected chi connectivity index (χ1v) is 14.4. The highest BCUT2D eigenvalue weighted by Gasteiger charge is 2.19. The van der Waals surface area contributed by atoms with Gasteiger partial charge in [-0.15, -0.1) is 0 Å². The standard InChI is InChI=1S/C35H33FN2O7/c1-21-12-27(17-38-30(18-39)35(40)41)33(44-19-23-6-8-29(36)26(13-23)16-37)15-32(21)45-20-25-4-3-5-28(22(25)2)24-7-9-31-34(14-24)43-11-10-42-31/h3-9,12-15,30,38-39H,10-11,17-20H2,1-2H3,(H,40,41)/t30-/m0/s1. The number of hydrogen-bond acceptors (Lipinski definition) is 8. The Hall–Kier alpha value is -5.11. The van der Waals surface area contributed by atoms with Crippen LogP contribution in [0, 0.1) is 31.0 Å². The molecule has 0 saturated carbocycles. The molecule has 0 fully saturated rings. The number of nitriles is 1. The zero-order valence-corrected chi connectivity index (χ0v) is 24.9. The normalized spacial score (nSPS) is 12.7. The highest BCUT2D eigenvalue weighted by Crippen LogP contribution is 2.37. The van der Waals surface area contributed by atoms with Crippen LogP contribution in [0.2, 0.25) is 0 Å². The summed E-state index contributed by atoms with van der Waals surface area (Å²) < 4.78 is 37.7. The van der Waals surface area contributed by atoms with E-state index >= 15 is 0 Å². The Morgan fingerprint density at radius 2 is 1.76 bits per heavy atom. The molecule has 45 heavy (non-hydrogen) atoms. The second-order valence-electron chi connectivity index (χ2n) is 10.6. The van der Waals surface area contributed by atoms with Gasteiger partial charge >= 0.3 is 5.97 Å². The maximum Gasteiger partial charge on any atom is 0.323 e. The van der Waals surface area contributed by atoms with E-state index in [-0.39, 0.29) is 25.3 Å². The summed E-state index contributed by atoms with van der Waals surface area (Å²) in [6.07, 6.45) is 0. The van der Waals surface area contributed by atoms with Gasteiger partial charge in [-0.25, -0.2) is 4.39 Å². The van der Waals surface area contributed by atoms with E-state index in [4.69, 9.17) is 18.9 Å². The van der Waals surface area contributed by atoms with Crippen molar-refractivity contribution in [1.29, 1.82) is 5.26 Å².